The maximum atomic E-state index is 6.14. The molecule has 5 aromatic rings. The lowest BCUT2D eigenvalue weighted by molar-refractivity contribution is 0.432. The highest BCUT2D eigenvalue weighted by molar-refractivity contribution is 6.13. The lowest BCUT2D eigenvalue weighted by atomic mass is 9.96. The molecule has 9 nitrogen and oxygen atoms in total. The summed E-state index contributed by atoms with van der Waals surface area (Å²) in [6.45, 7) is 6.52. The van der Waals surface area contributed by atoms with Gasteiger partial charge in [-0.2, -0.15) is 5.10 Å². The number of hydrogen-bond acceptors (Lipinski definition) is 7. The lowest BCUT2D eigenvalue weighted by Gasteiger charge is -2.41. The Morgan fingerprint density at radius 3 is 2.39 bits per heavy atom. The molecule has 2 aromatic heterocycles. The van der Waals surface area contributed by atoms with Crippen molar-refractivity contribution >= 4 is 27.9 Å². The number of anilines is 1. The molecule has 3 heterocycles. The van der Waals surface area contributed by atoms with Gasteiger partial charge in [-0.25, -0.2) is 20.9 Å². The van der Waals surface area contributed by atoms with Crippen LogP contribution in [0.5, 0.6) is 0 Å². The third kappa shape index (κ3) is 4.11. The Kier molecular flexibility index (Phi) is 6.15. The maximum absolute atomic E-state index is 6.14. The van der Waals surface area contributed by atoms with Gasteiger partial charge in [0.15, 0.2) is 11.5 Å². The van der Waals surface area contributed by atoms with Gasteiger partial charge in [0.05, 0.1) is 6.20 Å². The summed E-state index contributed by atoms with van der Waals surface area (Å²) in [6.07, 6.45) is 5.81. The summed E-state index contributed by atoms with van der Waals surface area (Å²) in [5.74, 6) is 5.67. The number of piperazine rings is 1. The molecule has 1 saturated heterocycles. The fourth-order valence-electron chi connectivity index (χ4n) is 5.57. The van der Waals surface area contributed by atoms with Gasteiger partial charge in [0.25, 0.3) is 0 Å². The molecule has 2 unspecified atom stereocenters. The van der Waals surface area contributed by atoms with E-state index in [-0.39, 0.29) is 0 Å². The topological polar surface area (TPSA) is 122 Å². The summed E-state index contributed by atoms with van der Waals surface area (Å²) in [6, 6.07) is 21.7. The first-order valence-corrected chi connectivity index (χ1v) is 12.8. The molecular formula is C29H31N9. The molecule has 0 saturated carbocycles. The molecule has 1 aliphatic rings. The Balaban J connectivity index is 1.35. The summed E-state index contributed by atoms with van der Waals surface area (Å²) in [4.78, 5) is 7.32. The summed E-state index contributed by atoms with van der Waals surface area (Å²) in [5, 5.41) is 14.1. The highest BCUT2D eigenvalue weighted by atomic mass is 15.5. The first-order chi connectivity index (χ1) is 18.5. The van der Waals surface area contributed by atoms with Crippen LogP contribution in [0.2, 0.25) is 0 Å². The van der Waals surface area contributed by atoms with Crippen LogP contribution in [0.1, 0.15) is 19.4 Å². The molecule has 6 N–H and O–H groups in total. The molecule has 0 radical (unpaired) electrons. The van der Waals surface area contributed by atoms with E-state index in [0.717, 1.165) is 57.3 Å². The van der Waals surface area contributed by atoms with Crippen molar-refractivity contribution in [3.05, 3.63) is 84.8 Å². The monoisotopic (exact) mass is 505 g/mol. The fourth-order valence-corrected chi connectivity index (χ4v) is 5.57. The molecule has 0 bridgehead atoms. The number of nitrogens with one attached hydrogen (secondary N) is 2. The lowest BCUT2D eigenvalue weighted by Crippen LogP contribution is -2.55. The Labute approximate surface area is 221 Å². The smallest absolute Gasteiger partial charge is 0.162 e. The van der Waals surface area contributed by atoms with E-state index in [1.165, 1.54) is 5.69 Å². The van der Waals surface area contributed by atoms with Gasteiger partial charge in [-0.05, 0) is 53.9 Å². The van der Waals surface area contributed by atoms with Crippen LogP contribution < -0.4 is 27.3 Å². The van der Waals surface area contributed by atoms with Crippen LogP contribution in [0.15, 0.2) is 84.4 Å². The Bertz CT molecular complexity index is 1630. The van der Waals surface area contributed by atoms with E-state index in [4.69, 9.17) is 16.6 Å². The van der Waals surface area contributed by atoms with Crippen molar-refractivity contribution < 1.29 is 0 Å². The predicted octanol–water partition coefficient (Wildman–Crippen LogP) is 3.49. The van der Waals surface area contributed by atoms with Crippen LogP contribution in [0.4, 0.5) is 5.69 Å². The van der Waals surface area contributed by atoms with E-state index < -0.39 is 0 Å². The molecule has 0 spiro atoms. The van der Waals surface area contributed by atoms with Crippen molar-refractivity contribution in [3.63, 3.8) is 0 Å². The molecule has 192 valence electrons. The number of hydrazine groups is 1. The van der Waals surface area contributed by atoms with Crippen LogP contribution in [-0.2, 0) is 0 Å². The van der Waals surface area contributed by atoms with E-state index >= 15 is 0 Å². The third-order valence-corrected chi connectivity index (χ3v) is 7.36. The Morgan fingerprint density at radius 1 is 0.921 bits per heavy atom. The van der Waals surface area contributed by atoms with Crippen molar-refractivity contribution in [1.82, 2.24) is 25.4 Å². The summed E-state index contributed by atoms with van der Waals surface area (Å²) in [5.41, 5.74) is 15.3. The highest BCUT2D eigenvalue weighted by Crippen LogP contribution is 2.33. The van der Waals surface area contributed by atoms with Gasteiger partial charge in [-0.15, -0.1) is 5.10 Å². The normalized spacial score (nSPS) is 18.3. The van der Waals surface area contributed by atoms with Crippen molar-refractivity contribution in [2.24, 2.45) is 16.7 Å². The van der Waals surface area contributed by atoms with Gasteiger partial charge in [0.1, 0.15) is 0 Å². The van der Waals surface area contributed by atoms with E-state index in [9.17, 15) is 0 Å². The van der Waals surface area contributed by atoms with E-state index in [2.05, 4.69) is 70.1 Å². The van der Waals surface area contributed by atoms with E-state index in [0.29, 0.717) is 17.9 Å². The number of aromatic nitrogens is 3. The van der Waals surface area contributed by atoms with Crippen LogP contribution in [0.3, 0.4) is 0 Å². The number of rotatable bonds is 5. The van der Waals surface area contributed by atoms with Crippen LogP contribution in [0.25, 0.3) is 38.7 Å². The van der Waals surface area contributed by atoms with Gasteiger partial charge in [-0.1, -0.05) is 42.5 Å². The standard InChI is InChI=1S/C29H31N9/c1-18-13-32-14-19(2)38(18)22-9-7-20(8-10-22)21-15-33-29-27(16-34-37(29)17-21)25-11-12-26(28(30)35-36-31)24-6-4-3-5-23(24)25/h3-12,15-19,32,36H,13-14,31H2,1-2H3,(H2,30,35). The first-order valence-electron chi connectivity index (χ1n) is 12.8. The molecule has 1 aliphatic heterocycles. The Hall–Kier alpha value is -4.47. The molecule has 2 atom stereocenters. The number of hydrazone groups is 1. The molecule has 0 amide bonds. The molecule has 0 aliphatic carbocycles. The van der Waals surface area contributed by atoms with Gasteiger partial charge in [-0.3, -0.25) is 0 Å². The molecular weight excluding hydrogens is 474 g/mol. The quantitative estimate of drug-likeness (QED) is 0.125. The van der Waals surface area contributed by atoms with Crippen molar-refractivity contribution in [2.45, 2.75) is 25.9 Å². The van der Waals surface area contributed by atoms with Crippen LogP contribution in [0, 0.1) is 0 Å². The number of nitrogens with two attached hydrogens (primary N) is 2. The number of benzene rings is 3. The summed E-state index contributed by atoms with van der Waals surface area (Å²) in [7, 11) is 0. The minimum Gasteiger partial charge on any atom is -0.382 e. The van der Waals surface area contributed by atoms with Crippen molar-refractivity contribution in [2.75, 3.05) is 18.0 Å². The number of hydrogen-bond donors (Lipinski definition) is 4. The molecule has 6 rings (SSSR count). The van der Waals surface area contributed by atoms with Gasteiger partial charge in [0, 0.05) is 59.9 Å². The van der Waals surface area contributed by atoms with Crippen molar-refractivity contribution in [3.8, 4) is 22.3 Å². The SMILES string of the molecule is CC1CNCC(C)N1c1ccc(-c2cnc3c(-c4ccc(/C(N)=N/NN)c5ccccc45)cnn3c2)cc1. The first kappa shape index (κ1) is 23.9. The molecule has 38 heavy (non-hydrogen) atoms. The fraction of sp³-hybridized carbons (Fsp3) is 0.207. The second-order valence-corrected chi connectivity index (χ2v) is 9.81. The highest BCUT2D eigenvalue weighted by Gasteiger charge is 2.24. The molecule has 1 fully saturated rings. The van der Waals surface area contributed by atoms with Crippen molar-refractivity contribution in [1.29, 1.82) is 0 Å². The average molecular weight is 506 g/mol. The second kappa shape index (κ2) is 9.77. The van der Waals surface area contributed by atoms with Gasteiger partial charge >= 0.3 is 0 Å². The zero-order valence-electron chi connectivity index (χ0n) is 21.5. The second-order valence-electron chi connectivity index (χ2n) is 9.81. The van der Waals surface area contributed by atoms with Crippen LogP contribution >= 0.6 is 0 Å². The van der Waals surface area contributed by atoms with E-state index in [1.54, 1.807) is 0 Å². The van der Waals surface area contributed by atoms with Gasteiger partial charge in [0.2, 0.25) is 0 Å². The Morgan fingerprint density at radius 2 is 1.66 bits per heavy atom. The largest absolute Gasteiger partial charge is 0.382 e. The number of fused-ring (bicyclic) bond motifs is 2. The maximum Gasteiger partial charge on any atom is 0.162 e. The van der Waals surface area contributed by atoms with Crippen LogP contribution in [-0.4, -0.2) is 45.6 Å². The van der Waals surface area contributed by atoms with Gasteiger partial charge < -0.3 is 16.0 Å². The van der Waals surface area contributed by atoms with E-state index in [1.807, 2.05) is 53.4 Å². The number of nitrogens with zero attached hydrogens (tertiary/aromatic N) is 5. The zero-order chi connectivity index (χ0) is 26.2. The summed E-state index contributed by atoms with van der Waals surface area (Å²) < 4.78 is 1.84. The minimum atomic E-state index is 0.324. The zero-order valence-corrected chi connectivity index (χ0v) is 21.5. The number of amidine groups is 1. The molecule has 3 aromatic carbocycles. The third-order valence-electron chi connectivity index (χ3n) is 7.36. The predicted molar refractivity (Wildman–Crippen MR) is 154 cm³/mol. The average Bonchev–Trinajstić information content (AvgIpc) is 3.36. The summed E-state index contributed by atoms with van der Waals surface area (Å²) >= 11 is 0. The minimum absolute atomic E-state index is 0.324. The molecule has 9 heteroatoms.